The zero-order valence-corrected chi connectivity index (χ0v) is 15.0. The van der Waals surface area contributed by atoms with Crippen LogP contribution >= 0.6 is 0 Å². The Morgan fingerprint density at radius 2 is 2.08 bits per heavy atom. The molecular formula is C17H22FN3O3S. The SMILES string of the molecule is CCCS(=O)(=O)N1CCC(CCc2noc(-c3ccc(F)cc3)n2)C1. The molecule has 0 amide bonds. The summed E-state index contributed by atoms with van der Waals surface area (Å²) in [4.78, 5) is 4.34. The van der Waals surface area contributed by atoms with E-state index in [-0.39, 0.29) is 11.6 Å². The van der Waals surface area contributed by atoms with E-state index in [2.05, 4.69) is 10.1 Å². The van der Waals surface area contributed by atoms with Crippen LogP contribution in [0.5, 0.6) is 0 Å². The van der Waals surface area contributed by atoms with Crippen molar-refractivity contribution in [2.45, 2.75) is 32.6 Å². The van der Waals surface area contributed by atoms with Crippen LogP contribution < -0.4 is 0 Å². The molecule has 6 nitrogen and oxygen atoms in total. The highest BCUT2D eigenvalue weighted by Crippen LogP contribution is 2.24. The van der Waals surface area contributed by atoms with Gasteiger partial charge in [-0.2, -0.15) is 4.98 Å². The van der Waals surface area contributed by atoms with Crippen LogP contribution in [0, 0.1) is 11.7 Å². The van der Waals surface area contributed by atoms with Gasteiger partial charge in [0.25, 0.3) is 5.89 Å². The second kappa shape index (κ2) is 7.61. The summed E-state index contributed by atoms with van der Waals surface area (Å²) < 4.78 is 44.0. The fourth-order valence-corrected chi connectivity index (χ4v) is 4.67. The van der Waals surface area contributed by atoms with Crippen LogP contribution in [0.15, 0.2) is 28.8 Å². The Labute approximate surface area is 147 Å². The molecule has 2 heterocycles. The first kappa shape index (κ1) is 18.0. The van der Waals surface area contributed by atoms with E-state index >= 15 is 0 Å². The summed E-state index contributed by atoms with van der Waals surface area (Å²) in [5.41, 5.74) is 0.679. The maximum Gasteiger partial charge on any atom is 0.257 e. The predicted molar refractivity (Wildman–Crippen MR) is 91.8 cm³/mol. The van der Waals surface area contributed by atoms with Crippen LogP contribution in [0.1, 0.15) is 32.0 Å². The molecule has 0 N–H and O–H groups in total. The number of hydrogen-bond donors (Lipinski definition) is 0. The second-order valence-electron chi connectivity index (χ2n) is 6.39. The van der Waals surface area contributed by atoms with Crippen molar-refractivity contribution in [3.05, 3.63) is 35.9 Å². The first-order chi connectivity index (χ1) is 12.0. The van der Waals surface area contributed by atoms with E-state index in [0.717, 1.165) is 12.8 Å². The molecular weight excluding hydrogens is 345 g/mol. The molecule has 1 unspecified atom stereocenters. The molecule has 3 rings (SSSR count). The maximum absolute atomic E-state index is 13.0. The van der Waals surface area contributed by atoms with Gasteiger partial charge in [0.1, 0.15) is 5.82 Å². The molecule has 1 aromatic heterocycles. The molecule has 8 heteroatoms. The maximum atomic E-state index is 13.0. The van der Waals surface area contributed by atoms with Crippen molar-refractivity contribution < 1.29 is 17.3 Å². The van der Waals surface area contributed by atoms with Crippen LogP contribution in [0.25, 0.3) is 11.5 Å². The number of hydrogen-bond acceptors (Lipinski definition) is 5. The minimum Gasteiger partial charge on any atom is -0.334 e. The number of rotatable bonds is 7. The van der Waals surface area contributed by atoms with Gasteiger partial charge in [-0.1, -0.05) is 12.1 Å². The third-order valence-electron chi connectivity index (χ3n) is 4.44. The van der Waals surface area contributed by atoms with E-state index in [1.54, 1.807) is 16.4 Å². The number of benzene rings is 1. The Hall–Kier alpha value is -1.80. The molecule has 1 aliphatic rings. The third-order valence-corrected chi connectivity index (χ3v) is 6.48. The summed E-state index contributed by atoms with van der Waals surface area (Å²) in [6.07, 6.45) is 2.96. The molecule has 1 atom stereocenters. The Kier molecular flexibility index (Phi) is 5.48. The number of halogens is 1. The number of sulfonamides is 1. The lowest BCUT2D eigenvalue weighted by Gasteiger charge is -2.15. The highest BCUT2D eigenvalue weighted by Gasteiger charge is 2.30. The predicted octanol–water partition coefficient (Wildman–Crippen LogP) is 2.87. The zero-order valence-electron chi connectivity index (χ0n) is 14.2. The summed E-state index contributed by atoms with van der Waals surface area (Å²) in [5.74, 6) is 1.18. The van der Waals surface area contributed by atoms with Gasteiger partial charge >= 0.3 is 0 Å². The van der Waals surface area contributed by atoms with Gasteiger partial charge < -0.3 is 4.52 Å². The molecule has 0 spiro atoms. The molecule has 2 aromatic rings. The Balaban J connectivity index is 1.54. The van der Waals surface area contributed by atoms with Crippen molar-refractivity contribution in [3.8, 4) is 11.5 Å². The molecule has 1 aliphatic heterocycles. The van der Waals surface area contributed by atoms with Gasteiger partial charge in [0.2, 0.25) is 10.0 Å². The van der Waals surface area contributed by atoms with Crippen molar-refractivity contribution >= 4 is 10.0 Å². The highest BCUT2D eigenvalue weighted by molar-refractivity contribution is 7.89. The van der Waals surface area contributed by atoms with E-state index in [9.17, 15) is 12.8 Å². The molecule has 1 aromatic carbocycles. The summed E-state index contributed by atoms with van der Waals surface area (Å²) in [6, 6.07) is 5.90. The monoisotopic (exact) mass is 367 g/mol. The summed E-state index contributed by atoms with van der Waals surface area (Å²) in [7, 11) is -3.11. The average Bonchev–Trinajstić information content (AvgIpc) is 3.23. The summed E-state index contributed by atoms with van der Waals surface area (Å²) in [5, 5.41) is 3.96. The van der Waals surface area contributed by atoms with E-state index in [1.165, 1.54) is 12.1 Å². The Morgan fingerprint density at radius 3 is 2.80 bits per heavy atom. The largest absolute Gasteiger partial charge is 0.334 e. The standard InChI is InChI=1S/C17H22FN3O3S/c1-2-11-25(22,23)21-10-9-13(12-21)3-8-16-19-17(24-20-16)14-4-6-15(18)7-5-14/h4-7,13H,2-3,8-12H2,1H3. The van der Waals surface area contributed by atoms with Gasteiger partial charge in [-0.25, -0.2) is 17.1 Å². The van der Waals surface area contributed by atoms with E-state index in [1.807, 2.05) is 6.92 Å². The fourth-order valence-electron chi connectivity index (χ4n) is 3.07. The minimum atomic E-state index is -3.11. The Bertz CT molecular complexity index is 805. The van der Waals surface area contributed by atoms with Crippen molar-refractivity contribution in [3.63, 3.8) is 0 Å². The van der Waals surface area contributed by atoms with Crippen molar-refractivity contribution in [1.82, 2.24) is 14.4 Å². The Morgan fingerprint density at radius 1 is 1.32 bits per heavy atom. The van der Waals surface area contributed by atoms with Gasteiger partial charge in [0.15, 0.2) is 5.82 Å². The quantitative estimate of drug-likeness (QED) is 0.752. The summed E-state index contributed by atoms with van der Waals surface area (Å²) in [6.45, 7) is 3.05. The molecule has 25 heavy (non-hydrogen) atoms. The minimum absolute atomic E-state index is 0.214. The lowest BCUT2D eigenvalue weighted by atomic mass is 10.0. The molecule has 0 bridgehead atoms. The second-order valence-corrected chi connectivity index (χ2v) is 8.48. The van der Waals surface area contributed by atoms with Crippen molar-refractivity contribution in [2.24, 2.45) is 5.92 Å². The van der Waals surface area contributed by atoms with Crippen LogP contribution in [-0.4, -0.2) is 41.7 Å². The molecule has 0 radical (unpaired) electrons. The van der Waals surface area contributed by atoms with Crippen LogP contribution in [0.3, 0.4) is 0 Å². The van der Waals surface area contributed by atoms with Gasteiger partial charge in [0, 0.05) is 25.1 Å². The molecule has 0 aliphatic carbocycles. The highest BCUT2D eigenvalue weighted by atomic mass is 32.2. The third kappa shape index (κ3) is 4.43. The number of aromatic nitrogens is 2. The smallest absolute Gasteiger partial charge is 0.257 e. The van der Waals surface area contributed by atoms with Gasteiger partial charge in [-0.15, -0.1) is 0 Å². The fraction of sp³-hybridized carbons (Fsp3) is 0.529. The number of nitrogens with zero attached hydrogens (tertiary/aromatic N) is 3. The lowest BCUT2D eigenvalue weighted by molar-refractivity contribution is 0.413. The first-order valence-corrected chi connectivity index (χ1v) is 10.1. The zero-order chi connectivity index (χ0) is 17.9. The van der Waals surface area contributed by atoms with Crippen molar-refractivity contribution in [1.29, 1.82) is 0 Å². The summed E-state index contributed by atoms with van der Waals surface area (Å²) >= 11 is 0. The van der Waals surface area contributed by atoms with Crippen molar-refractivity contribution in [2.75, 3.05) is 18.8 Å². The van der Waals surface area contributed by atoms with E-state index in [4.69, 9.17) is 4.52 Å². The average molecular weight is 367 g/mol. The van der Waals surface area contributed by atoms with Gasteiger partial charge in [-0.3, -0.25) is 0 Å². The van der Waals surface area contributed by atoms with Gasteiger partial charge in [-0.05, 0) is 49.4 Å². The van der Waals surface area contributed by atoms with Crippen LogP contribution in [-0.2, 0) is 16.4 Å². The first-order valence-electron chi connectivity index (χ1n) is 8.54. The number of aryl methyl sites for hydroxylation is 1. The van der Waals surface area contributed by atoms with E-state index < -0.39 is 10.0 Å². The van der Waals surface area contributed by atoms with E-state index in [0.29, 0.717) is 49.1 Å². The van der Waals surface area contributed by atoms with Gasteiger partial charge in [0.05, 0.1) is 5.75 Å². The molecule has 0 saturated carbocycles. The van der Waals surface area contributed by atoms with Crippen LogP contribution in [0.2, 0.25) is 0 Å². The molecule has 1 fully saturated rings. The lowest BCUT2D eigenvalue weighted by Crippen LogP contribution is -2.30. The molecule has 1 saturated heterocycles. The molecule has 136 valence electrons. The topological polar surface area (TPSA) is 76.3 Å². The van der Waals surface area contributed by atoms with Crippen LogP contribution in [0.4, 0.5) is 4.39 Å². The normalized spacial score (nSPS) is 18.7.